The van der Waals surface area contributed by atoms with Crippen molar-refractivity contribution in [3.8, 4) is 0 Å². The first-order chi connectivity index (χ1) is 9.70. The number of benzene rings is 1. The Morgan fingerprint density at radius 1 is 1.29 bits per heavy atom. The van der Waals surface area contributed by atoms with Crippen molar-refractivity contribution < 1.29 is 22.7 Å². The number of carboxylic acids is 1. The minimum Gasteiger partial charge on any atom is -0.475 e. The lowest BCUT2D eigenvalue weighted by atomic mass is 10.3. The summed E-state index contributed by atoms with van der Waals surface area (Å²) in [4.78, 5) is 10.5. The van der Waals surface area contributed by atoms with Crippen LogP contribution in [0.15, 0.2) is 42.7 Å². The number of hydrogen-bond donors (Lipinski definition) is 2. The highest BCUT2D eigenvalue weighted by Gasteiger charge is 2.25. The first-order valence-corrected chi connectivity index (χ1v) is 8.66. The average Bonchev–Trinajstić information content (AvgIpc) is 2.77. The van der Waals surface area contributed by atoms with Crippen LogP contribution in [0, 0.1) is 0 Å². The molecule has 2 N–H and O–H groups in total. The molecule has 0 aliphatic heterocycles. The third kappa shape index (κ3) is 3.60. The van der Waals surface area contributed by atoms with E-state index in [0.29, 0.717) is 9.50 Å². The highest BCUT2D eigenvalue weighted by Crippen LogP contribution is 2.30. The zero-order valence-electron chi connectivity index (χ0n) is 9.93. The normalized spacial score (nSPS) is 11.4. The molecule has 0 spiro atoms. The molecule has 0 amide bonds. The van der Waals surface area contributed by atoms with E-state index in [4.69, 9.17) is 21.1 Å². The molecule has 21 heavy (non-hydrogen) atoms. The summed E-state index contributed by atoms with van der Waals surface area (Å²) < 4.78 is 31.9. The molecule has 1 aromatic heterocycles. The summed E-state index contributed by atoms with van der Waals surface area (Å²) in [6.45, 7) is 0. The predicted octanol–water partition coefficient (Wildman–Crippen LogP) is 3.96. The molecule has 2 rings (SSSR count). The van der Waals surface area contributed by atoms with Crippen molar-refractivity contribution in [1.82, 2.24) is 0 Å². The van der Waals surface area contributed by atoms with Crippen molar-refractivity contribution in [2.75, 3.05) is 4.72 Å². The first kappa shape index (κ1) is 16.3. The van der Waals surface area contributed by atoms with Crippen molar-refractivity contribution in [1.29, 1.82) is 0 Å². The second-order valence-electron chi connectivity index (χ2n) is 3.79. The Hall–Kier alpha value is -1.03. The van der Waals surface area contributed by atoms with Crippen LogP contribution in [-0.2, 0) is 10.0 Å². The number of hydrogen-bond acceptors (Lipinski definition) is 4. The number of sulfonamides is 1. The summed E-state index contributed by atoms with van der Waals surface area (Å²) in [6, 6.07) is 5.37. The molecule has 0 aliphatic rings. The molecule has 6 nitrogen and oxygen atoms in total. The maximum absolute atomic E-state index is 12.2. The molecule has 0 bridgehead atoms. The van der Waals surface area contributed by atoms with Crippen LogP contribution in [0.3, 0.4) is 0 Å². The molecular weight excluding hydrogens is 453 g/mol. The monoisotopic (exact) mass is 457 g/mol. The fourth-order valence-corrected chi connectivity index (χ4v) is 3.90. The fraction of sp³-hybridized carbons (Fsp3) is 0. The number of furan rings is 1. The van der Waals surface area contributed by atoms with Gasteiger partial charge in [0.05, 0.1) is 10.7 Å². The zero-order valence-corrected chi connectivity index (χ0v) is 14.7. The van der Waals surface area contributed by atoms with Crippen LogP contribution in [0.25, 0.3) is 0 Å². The quantitative estimate of drug-likeness (QED) is 0.722. The van der Waals surface area contributed by atoms with Crippen molar-refractivity contribution in [3.05, 3.63) is 44.2 Å². The zero-order chi connectivity index (χ0) is 15.8. The maximum atomic E-state index is 12.2. The van der Waals surface area contributed by atoms with Gasteiger partial charge in [0, 0.05) is 10.5 Å². The molecule has 1 heterocycles. The molecule has 0 saturated heterocycles. The van der Waals surface area contributed by atoms with E-state index in [2.05, 4.69) is 36.6 Å². The Morgan fingerprint density at radius 2 is 1.95 bits per heavy atom. The lowest BCUT2D eigenvalue weighted by Crippen LogP contribution is -2.12. The Balaban J connectivity index is 2.38. The van der Waals surface area contributed by atoms with Gasteiger partial charge in [-0.15, -0.1) is 0 Å². The van der Waals surface area contributed by atoms with Gasteiger partial charge in [-0.25, -0.2) is 13.2 Å². The number of carboxylic acid groups (broad SMARTS) is 1. The second-order valence-corrected chi connectivity index (χ2v) is 7.42. The number of anilines is 1. The van der Waals surface area contributed by atoms with Gasteiger partial charge < -0.3 is 9.52 Å². The van der Waals surface area contributed by atoms with E-state index in [-0.39, 0.29) is 15.3 Å². The number of carbonyl (C=O) groups is 1. The van der Waals surface area contributed by atoms with Gasteiger partial charge in [0.1, 0.15) is 4.90 Å². The van der Waals surface area contributed by atoms with E-state index in [1.165, 1.54) is 18.2 Å². The van der Waals surface area contributed by atoms with Gasteiger partial charge in [0.15, 0.2) is 4.67 Å². The van der Waals surface area contributed by atoms with Crippen LogP contribution < -0.4 is 4.72 Å². The Labute approximate surface area is 141 Å². The highest BCUT2D eigenvalue weighted by atomic mass is 79.9. The van der Waals surface area contributed by atoms with Gasteiger partial charge in [0.2, 0.25) is 5.76 Å². The van der Waals surface area contributed by atoms with Crippen LogP contribution in [0.2, 0.25) is 5.02 Å². The van der Waals surface area contributed by atoms with Crippen molar-refractivity contribution in [2.45, 2.75) is 4.90 Å². The highest BCUT2D eigenvalue weighted by molar-refractivity contribution is 9.10. The van der Waals surface area contributed by atoms with Crippen LogP contribution in [0.5, 0.6) is 0 Å². The van der Waals surface area contributed by atoms with E-state index in [9.17, 15) is 13.2 Å². The van der Waals surface area contributed by atoms with Crippen molar-refractivity contribution in [2.24, 2.45) is 0 Å². The molecule has 0 atom stereocenters. The molecule has 112 valence electrons. The molecular formula is C11H6Br2ClNO5S. The smallest absolute Gasteiger partial charge is 0.371 e. The topological polar surface area (TPSA) is 96.6 Å². The largest absolute Gasteiger partial charge is 0.475 e. The molecule has 0 aliphatic carbocycles. The van der Waals surface area contributed by atoms with Crippen molar-refractivity contribution >= 4 is 65.1 Å². The molecule has 0 fully saturated rings. The molecule has 0 unspecified atom stereocenters. The second kappa shape index (κ2) is 5.99. The lowest BCUT2D eigenvalue weighted by molar-refractivity contribution is 0.0661. The first-order valence-electron chi connectivity index (χ1n) is 5.21. The Kier molecular flexibility index (Phi) is 4.66. The van der Waals surface area contributed by atoms with Gasteiger partial charge >= 0.3 is 5.97 Å². The minimum atomic E-state index is -4.00. The number of nitrogens with one attached hydrogen (secondary N) is 1. The Bertz CT molecular complexity index is 818. The summed E-state index contributed by atoms with van der Waals surface area (Å²) in [5.41, 5.74) is 0.260. The standard InChI is InChI=1S/C11H6Br2ClNO5S/c12-6-3-5(1-2-7(6)14)15-21(18,19)9-4-8(11(16)17)20-10(9)13/h1-4,15H,(H,16,17). The lowest BCUT2D eigenvalue weighted by Gasteiger charge is -2.07. The van der Waals surface area contributed by atoms with Gasteiger partial charge in [-0.1, -0.05) is 11.6 Å². The number of rotatable bonds is 4. The summed E-state index contributed by atoms with van der Waals surface area (Å²) in [6.07, 6.45) is 0. The minimum absolute atomic E-state index is 0.194. The average molecular weight is 459 g/mol. The predicted molar refractivity (Wildman–Crippen MR) is 83.3 cm³/mol. The van der Waals surface area contributed by atoms with Crippen LogP contribution in [0.4, 0.5) is 5.69 Å². The van der Waals surface area contributed by atoms with E-state index >= 15 is 0 Å². The fourth-order valence-electron chi connectivity index (χ4n) is 1.41. The number of halogens is 3. The van der Waals surface area contributed by atoms with E-state index in [0.717, 1.165) is 6.07 Å². The Morgan fingerprint density at radius 3 is 2.48 bits per heavy atom. The summed E-state index contributed by atoms with van der Waals surface area (Å²) >= 11 is 11.9. The molecule has 2 aromatic rings. The van der Waals surface area contributed by atoms with Crippen LogP contribution >= 0.6 is 43.5 Å². The molecule has 1 aromatic carbocycles. The van der Waals surface area contributed by atoms with Crippen molar-refractivity contribution in [3.63, 3.8) is 0 Å². The number of aromatic carboxylic acids is 1. The van der Waals surface area contributed by atoms with Gasteiger partial charge in [0.25, 0.3) is 10.0 Å². The maximum Gasteiger partial charge on any atom is 0.371 e. The van der Waals surface area contributed by atoms with Gasteiger partial charge in [-0.05, 0) is 50.1 Å². The third-order valence-electron chi connectivity index (χ3n) is 2.33. The third-order valence-corrected chi connectivity index (χ3v) is 5.78. The SMILES string of the molecule is O=C(O)c1cc(S(=O)(=O)Nc2ccc(Cl)c(Br)c2)c(Br)o1. The molecule has 0 radical (unpaired) electrons. The molecule has 0 saturated carbocycles. The van der Waals surface area contributed by atoms with Crippen LogP contribution in [-0.4, -0.2) is 19.5 Å². The van der Waals surface area contributed by atoms with E-state index in [1.54, 1.807) is 0 Å². The molecule has 10 heteroatoms. The van der Waals surface area contributed by atoms with Gasteiger partial charge in [-0.2, -0.15) is 0 Å². The van der Waals surface area contributed by atoms with E-state index < -0.39 is 21.8 Å². The van der Waals surface area contributed by atoms with Crippen LogP contribution in [0.1, 0.15) is 10.6 Å². The summed E-state index contributed by atoms with van der Waals surface area (Å²) in [7, 11) is -4.00. The summed E-state index contributed by atoms with van der Waals surface area (Å²) in [5, 5.41) is 9.22. The van der Waals surface area contributed by atoms with E-state index in [1.807, 2.05) is 0 Å². The van der Waals surface area contributed by atoms with Gasteiger partial charge in [-0.3, -0.25) is 4.72 Å². The summed E-state index contributed by atoms with van der Waals surface area (Å²) in [5.74, 6) is -1.86.